The molecule has 1 saturated heterocycles. The smallest absolute Gasteiger partial charge is 0.133 e. The highest BCUT2D eigenvalue weighted by Crippen LogP contribution is 2.25. The lowest BCUT2D eigenvalue weighted by atomic mass is 10.1. The van der Waals surface area contributed by atoms with Gasteiger partial charge in [0.05, 0.1) is 5.52 Å². The lowest BCUT2D eigenvalue weighted by Gasteiger charge is -2.37. The Morgan fingerprint density at radius 2 is 1.50 bits per heavy atom. The van der Waals surface area contributed by atoms with Crippen molar-refractivity contribution in [2.45, 2.75) is 6.54 Å². The molecule has 2 aromatic carbocycles. The maximum atomic E-state index is 5.99. The zero-order valence-electron chi connectivity index (χ0n) is 13.7. The Morgan fingerprint density at radius 1 is 0.833 bits per heavy atom. The Hall–Kier alpha value is -2.59. The van der Waals surface area contributed by atoms with Gasteiger partial charge >= 0.3 is 0 Å². The number of hydrogen-bond acceptors (Lipinski definition) is 4. The van der Waals surface area contributed by atoms with Crippen LogP contribution in [0.1, 0.15) is 5.56 Å². The quantitative estimate of drug-likeness (QED) is 0.806. The molecule has 1 aliphatic rings. The summed E-state index contributed by atoms with van der Waals surface area (Å²) < 4.78 is 0. The topological polar surface area (TPSA) is 45.4 Å². The van der Waals surface area contributed by atoms with Gasteiger partial charge in [-0.05, 0) is 24.3 Å². The minimum Gasteiger partial charge on any atom is -0.368 e. The van der Waals surface area contributed by atoms with E-state index in [1.165, 1.54) is 5.69 Å². The van der Waals surface area contributed by atoms with Crippen molar-refractivity contribution in [3.63, 3.8) is 0 Å². The number of rotatable bonds is 3. The van der Waals surface area contributed by atoms with Crippen molar-refractivity contribution in [2.24, 2.45) is 5.73 Å². The first-order chi connectivity index (χ1) is 11.8. The van der Waals surface area contributed by atoms with Gasteiger partial charge in [-0.2, -0.15) is 0 Å². The molecular weight excluding hydrogens is 296 g/mol. The number of piperazine rings is 1. The number of para-hydroxylation sites is 2. The molecule has 0 unspecified atom stereocenters. The van der Waals surface area contributed by atoms with E-state index < -0.39 is 0 Å². The molecule has 4 rings (SSSR count). The Bertz CT molecular complexity index is 823. The number of nitrogens with two attached hydrogens (primary N) is 1. The number of fused-ring (bicyclic) bond motifs is 1. The van der Waals surface area contributed by atoms with E-state index in [9.17, 15) is 0 Å². The molecule has 1 fully saturated rings. The van der Waals surface area contributed by atoms with E-state index in [0.717, 1.165) is 48.5 Å². The van der Waals surface area contributed by atoms with E-state index in [0.29, 0.717) is 6.54 Å². The van der Waals surface area contributed by atoms with Gasteiger partial charge in [0.1, 0.15) is 5.82 Å². The molecule has 0 atom stereocenters. The molecule has 1 aromatic heterocycles. The molecule has 3 aromatic rings. The number of hydrogen-bond donors (Lipinski definition) is 1. The summed E-state index contributed by atoms with van der Waals surface area (Å²) in [5.41, 5.74) is 9.45. The van der Waals surface area contributed by atoms with E-state index in [1.54, 1.807) is 0 Å². The molecule has 1 aliphatic heterocycles. The van der Waals surface area contributed by atoms with Gasteiger partial charge in [0.2, 0.25) is 0 Å². The van der Waals surface area contributed by atoms with E-state index in [2.05, 4.69) is 58.3 Å². The highest BCUT2D eigenvalue weighted by molar-refractivity contribution is 5.82. The van der Waals surface area contributed by atoms with Crippen LogP contribution in [0.5, 0.6) is 0 Å². The zero-order valence-corrected chi connectivity index (χ0v) is 13.7. The van der Waals surface area contributed by atoms with Crippen molar-refractivity contribution < 1.29 is 0 Å². The minimum atomic E-state index is 0.520. The first-order valence-corrected chi connectivity index (χ1v) is 8.49. The van der Waals surface area contributed by atoms with Crippen LogP contribution in [0, 0.1) is 0 Å². The van der Waals surface area contributed by atoms with Crippen LogP contribution in [-0.4, -0.2) is 31.2 Å². The first-order valence-electron chi connectivity index (χ1n) is 8.49. The predicted octanol–water partition coefficient (Wildman–Crippen LogP) is 3.02. The fourth-order valence-corrected chi connectivity index (χ4v) is 3.39. The minimum absolute atomic E-state index is 0.520. The van der Waals surface area contributed by atoms with Crippen LogP contribution in [0.25, 0.3) is 10.9 Å². The average Bonchev–Trinajstić information content (AvgIpc) is 2.68. The summed E-state index contributed by atoms with van der Waals surface area (Å²) in [7, 11) is 0. The van der Waals surface area contributed by atoms with Crippen molar-refractivity contribution in [2.75, 3.05) is 36.0 Å². The van der Waals surface area contributed by atoms with Gasteiger partial charge in [-0.1, -0.05) is 36.4 Å². The second-order valence-electron chi connectivity index (χ2n) is 6.18. The third-order valence-corrected chi connectivity index (χ3v) is 4.70. The van der Waals surface area contributed by atoms with Crippen LogP contribution in [0.3, 0.4) is 0 Å². The number of benzene rings is 2. The lowest BCUT2D eigenvalue weighted by Crippen LogP contribution is -2.47. The summed E-state index contributed by atoms with van der Waals surface area (Å²) in [6.45, 7) is 4.46. The molecule has 2 heterocycles. The van der Waals surface area contributed by atoms with Gasteiger partial charge in [0.25, 0.3) is 0 Å². The van der Waals surface area contributed by atoms with Crippen LogP contribution in [0.4, 0.5) is 11.5 Å². The van der Waals surface area contributed by atoms with Gasteiger partial charge in [-0.3, -0.25) is 0 Å². The van der Waals surface area contributed by atoms with E-state index in [4.69, 9.17) is 10.7 Å². The molecule has 4 heteroatoms. The summed E-state index contributed by atoms with van der Waals surface area (Å²) in [5.74, 6) is 1.05. The molecule has 0 saturated carbocycles. The molecule has 0 aliphatic carbocycles. The Balaban J connectivity index is 1.58. The number of pyridine rings is 1. The maximum Gasteiger partial charge on any atom is 0.133 e. The van der Waals surface area contributed by atoms with Gasteiger partial charge < -0.3 is 15.5 Å². The summed E-state index contributed by atoms with van der Waals surface area (Å²) >= 11 is 0. The molecule has 2 N–H and O–H groups in total. The van der Waals surface area contributed by atoms with Gasteiger partial charge in [0.15, 0.2) is 0 Å². The molecule has 4 nitrogen and oxygen atoms in total. The molecule has 0 bridgehead atoms. The average molecular weight is 318 g/mol. The third kappa shape index (κ3) is 2.81. The number of nitrogens with zero attached hydrogens (tertiary/aromatic N) is 3. The highest BCUT2D eigenvalue weighted by Gasteiger charge is 2.20. The van der Waals surface area contributed by atoms with Crippen molar-refractivity contribution in [1.29, 1.82) is 0 Å². The van der Waals surface area contributed by atoms with Crippen molar-refractivity contribution >= 4 is 22.4 Å². The lowest BCUT2D eigenvalue weighted by molar-refractivity contribution is 0.645. The Kier molecular flexibility index (Phi) is 4.05. The molecular formula is C20H22N4. The Labute approximate surface area is 142 Å². The summed E-state index contributed by atoms with van der Waals surface area (Å²) in [6.07, 6.45) is 0. The van der Waals surface area contributed by atoms with Gasteiger partial charge in [-0.25, -0.2) is 4.98 Å². The fraction of sp³-hybridized carbons (Fsp3) is 0.250. The SMILES string of the molecule is NCc1cc2ccccc2nc1N1CCN(c2ccccc2)CC1. The molecule has 0 amide bonds. The second kappa shape index (κ2) is 6.49. The summed E-state index contributed by atoms with van der Waals surface area (Å²) in [4.78, 5) is 9.69. The molecule has 122 valence electrons. The van der Waals surface area contributed by atoms with Crippen LogP contribution in [-0.2, 0) is 6.54 Å². The Morgan fingerprint density at radius 3 is 2.25 bits per heavy atom. The third-order valence-electron chi connectivity index (χ3n) is 4.70. The van der Waals surface area contributed by atoms with Gasteiger partial charge in [0, 0.05) is 49.4 Å². The largest absolute Gasteiger partial charge is 0.368 e. The van der Waals surface area contributed by atoms with E-state index in [1.807, 2.05) is 12.1 Å². The van der Waals surface area contributed by atoms with Crippen LogP contribution in [0.2, 0.25) is 0 Å². The van der Waals surface area contributed by atoms with Crippen LogP contribution in [0.15, 0.2) is 60.7 Å². The van der Waals surface area contributed by atoms with Crippen molar-refractivity contribution in [3.05, 3.63) is 66.2 Å². The van der Waals surface area contributed by atoms with Gasteiger partial charge in [-0.15, -0.1) is 0 Å². The maximum absolute atomic E-state index is 5.99. The fourth-order valence-electron chi connectivity index (χ4n) is 3.39. The monoisotopic (exact) mass is 318 g/mol. The molecule has 0 spiro atoms. The second-order valence-corrected chi connectivity index (χ2v) is 6.18. The highest BCUT2D eigenvalue weighted by atomic mass is 15.3. The zero-order chi connectivity index (χ0) is 16.4. The first kappa shape index (κ1) is 15.0. The number of anilines is 2. The predicted molar refractivity (Wildman–Crippen MR) is 101 cm³/mol. The summed E-state index contributed by atoms with van der Waals surface area (Å²) in [6, 6.07) is 21.0. The standard InChI is InChI=1S/C20H22N4/c21-15-17-14-16-6-4-5-9-19(16)22-20(17)24-12-10-23(11-13-24)18-7-2-1-3-8-18/h1-9,14H,10-13,15,21H2. The van der Waals surface area contributed by atoms with Crippen LogP contribution < -0.4 is 15.5 Å². The summed E-state index contributed by atoms with van der Waals surface area (Å²) in [5, 5.41) is 1.16. The van der Waals surface area contributed by atoms with Crippen molar-refractivity contribution in [1.82, 2.24) is 4.98 Å². The van der Waals surface area contributed by atoms with E-state index in [-0.39, 0.29) is 0 Å². The molecule has 24 heavy (non-hydrogen) atoms. The molecule has 0 radical (unpaired) electrons. The van der Waals surface area contributed by atoms with E-state index >= 15 is 0 Å². The number of aromatic nitrogens is 1. The van der Waals surface area contributed by atoms with Crippen molar-refractivity contribution in [3.8, 4) is 0 Å². The van der Waals surface area contributed by atoms with Crippen LogP contribution >= 0.6 is 0 Å². The normalized spacial score (nSPS) is 15.0.